The van der Waals surface area contributed by atoms with Crippen LogP contribution in [0.4, 0.5) is 0 Å². The lowest BCUT2D eigenvalue weighted by Gasteiger charge is -2.19. The van der Waals surface area contributed by atoms with E-state index in [1.165, 1.54) is 12.1 Å². The van der Waals surface area contributed by atoms with Crippen LogP contribution in [-0.4, -0.2) is 20.5 Å². The maximum absolute atomic E-state index is 11.9. The summed E-state index contributed by atoms with van der Waals surface area (Å²) >= 11 is 9.10. The zero-order chi connectivity index (χ0) is 13.3. The van der Waals surface area contributed by atoms with Gasteiger partial charge in [-0.2, -0.15) is 0 Å². The van der Waals surface area contributed by atoms with Gasteiger partial charge in [0.05, 0.1) is 5.02 Å². The summed E-state index contributed by atoms with van der Waals surface area (Å²) < 4.78 is 27.0. The molecule has 0 radical (unpaired) electrons. The maximum atomic E-state index is 11.9. The molecule has 0 heterocycles. The van der Waals surface area contributed by atoms with E-state index in [4.69, 9.17) is 17.3 Å². The lowest BCUT2D eigenvalue weighted by Crippen LogP contribution is -2.45. The Morgan fingerprint density at radius 2 is 2.00 bits per heavy atom. The fraction of sp³-hybridized carbons (Fsp3) is 0.400. The molecule has 4 nitrogen and oxygen atoms in total. The second-order valence-corrected chi connectivity index (χ2v) is 7.45. The van der Waals surface area contributed by atoms with Crippen molar-refractivity contribution in [2.75, 3.05) is 6.54 Å². The van der Waals surface area contributed by atoms with Crippen molar-refractivity contribution in [2.45, 2.75) is 24.3 Å². The Kier molecular flexibility index (Phi) is 6.60. The highest BCUT2D eigenvalue weighted by Crippen LogP contribution is 2.25. The molecule has 104 valence electrons. The molecule has 0 atom stereocenters. The number of benzene rings is 1. The second-order valence-electron chi connectivity index (χ2n) is 4.39. The minimum atomic E-state index is -3.62. The van der Waals surface area contributed by atoms with Crippen molar-refractivity contribution in [3.63, 3.8) is 0 Å². The van der Waals surface area contributed by atoms with Crippen LogP contribution in [0, 0.1) is 0 Å². The van der Waals surface area contributed by atoms with E-state index in [0.717, 1.165) is 4.47 Å². The van der Waals surface area contributed by atoms with Gasteiger partial charge in [0.25, 0.3) is 0 Å². The van der Waals surface area contributed by atoms with E-state index in [9.17, 15) is 8.42 Å². The van der Waals surface area contributed by atoms with Crippen molar-refractivity contribution < 1.29 is 8.42 Å². The lowest BCUT2D eigenvalue weighted by molar-refractivity contribution is 0.498. The molecular formula is C10H15BrCl2N2O2S. The average Bonchev–Trinajstić information content (AvgIpc) is 2.13. The Labute approximate surface area is 127 Å². The number of hydrogen-bond acceptors (Lipinski definition) is 3. The van der Waals surface area contributed by atoms with Crippen LogP contribution < -0.4 is 10.5 Å². The zero-order valence-electron chi connectivity index (χ0n) is 9.91. The molecule has 1 rings (SSSR count). The minimum Gasteiger partial charge on any atom is -0.324 e. The molecule has 0 unspecified atom stereocenters. The smallest absolute Gasteiger partial charge is 0.242 e. The van der Waals surface area contributed by atoms with Gasteiger partial charge in [0.2, 0.25) is 10.0 Å². The Morgan fingerprint density at radius 3 is 2.44 bits per heavy atom. The topological polar surface area (TPSA) is 72.2 Å². The van der Waals surface area contributed by atoms with Gasteiger partial charge in [0.1, 0.15) is 4.90 Å². The van der Waals surface area contributed by atoms with Gasteiger partial charge < -0.3 is 5.73 Å². The van der Waals surface area contributed by atoms with E-state index < -0.39 is 15.6 Å². The first kappa shape index (κ1) is 18.1. The summed E-state index contributed by atoms with van der Waals surface area (Å²) in [4.78, 5) is 0.0478. The third-order valence-corrected chi connectivity index (χ3v) is 4.28. The van der Waals surface area contributed by atoms with E-state index in [2.05, 4.69) is 20.7 Å². The van der Waals surface area contributed by atoms with Crippen LogP contribution in [0.25, 0.3) is 0 Å². The van der Waals surface area contributed by atoms with Crippen molar-refractivity contribution in [2.24, 2.45) is 5.73 Å². The SMILES string of the molecule is CC(C)(N)CNS(=O)(=O)c1ccc(Br)cc1Cl.Cl. The van der Waals surface area contributed by atoms with Gasteiger partial charge in [-0.3, -0.25) is 0 Å². The Morgan fingerprint density at radius 1 is 1.44 bits per heavy atom. The molecule has 0 aromatic heterocycles. The van der Waals surface area contributed by atoms with E-state index in [0.29, 0.717) is 0 Å². The molecule has 0 spiro atoms. The lowest BCUT2D eigenvalue weighted by atomic mass is 10.1. The van der Waals surface area contributed by atoms with Crippen LogP contribution in [0.5, 0.6) is 0 Å². The summed E-state index contributed by atoms with van der Waals surface area (Å²) in [6.07, 6.45) is 0. The highest BCUT2D eigenvalue weighted by molar-refractivity contribution is 9.10. The van der Waals surface area contributed by atoms with Crippen molar-refractivity contribution in [1.82, 2.24) is 4.72 Å². The zero-order valence-corrected chi connectivity index (χ0v) is 13.9. The molecule has 0 amide bonds. The molecule has 8 heteroatoms. The van der Waals surface area contributed by atoms with Crippen LogP contribution in [0.15, 0.2) is 27.6 Å². The molecule has 0 fully saturated rings. The van der Waals surface area contributed by atoms with E-state index in [1.807, 2.05) is 0 Å². The molecule has 0 aliphatic carbocycles. The van der Waals surface area contributed by atoms with Crippen molar-refractivity contribution >= 4 is 50.0 Å². The minimum absolute atomic E-state index is 0. The summed E-state index contributed by atoms with van der Waals surface area (Å²) in [6, 6.07) is 4.59. The summed E-state index contributed by atoms with van der Waals surface area (Å²) in [7, 11) is -3.62. The standard InChI is InChI=1S/C10H14BrClN2O2S.ClH/c1-10(2,13)6-14-17(15,16)9-4-3-7(11)5-8(9)12;/h3-5,14H,6,13H2,1-2H3;1H. The molecular weight excluding hydrogens is 363 g/mol. The van der Waals surface area contributed by atoms with E-state index >= 15 is 0 Å². The highest BCUT2D eigenvalue weighted by atomic mass is 79.9. The summed E-state index contributed by atoms with van der Waals surface area (Å²) in [5.74, 6) is 0. The van der Waals surface area contributed by atoms with Crippen LogP contribution in [0.2, 0.25) is 5.02 Å². The van der Waals surface area contributed by atoms with Crippen molar-refractivity contribution in [3.05, 3.63) is 27.7 Å². The Bertz CT molecular complexity index is 515. The van der Waals surface area contributed by atoms with E-state index in [-0.39, 0.29) is 28.9 Å². The molecule has 0 saturated heterocycles. The largest absolute Gasteiger partial charge is 0.324 e. The average molecular weight is 378 g/mol. The molecule has 0 aliphatic rings. The van der Waals surface area contributed by atoms with Gasteiger partial charge in [-0.15, -0.1) is 12.4 Å². The number of rotatable bonds is 4. The third kappa shape index (κ3) is 5.42. The quantitative estimate of drug-likeness (QED) is 0.846. The van der Waals surface area contributed by atoms with Crippen molar-refractivity contribution in [1.29, 1.82) is 0 Å². The Hall–Kier alpha value is 0.150. The van der Waals surface area contributed by atoms with Gasteiger partial charge in [0.15, 0.2) is 0 Å². The molecule has 1 aromatic carbocycles. The molecule has 0 aliphatic heterocycles. The Balaban J connectivity index is 0.00000289. The predicted molar refractivity (Wildman–Crippen MR) is 79.9 cm³/mol. The normalized spacial score (nSPS) is 12.1. The van der Waals surface area contributed by atoms with Gasteiger partial charge >= 0.3 is 0 Å². The maximum Gasteiger partial charge on any atom is 0.242 e. The molecule has 1 aromatic rings. The monoisotopic (exact) mass is 376 g/mol. The van der Waals surface area contributed by atoms with Crippen LogP contribution in [0.3, 0.4) is 0 Å². The van der Waals surface area contributed by atoms with E-state index in [1.54, 1.807) is 19.9 Å². The van der Waals surface area contributed by atoms with Crippen LogP contribution in [0.1, 0.15) is 13.8 Å². The number of halogens is 3. The highest BCUT2D eigenvalue weighted by Gasteiger charge is 2.21. The fourth-order valence-electron chi connectivity index (χ4n) is 1.05. The summed E-state index contributed by atoms with van der Waals surface area (Å²) in [5, 5.41) is 0.168. The van der Waals surface area contributed by atoms with Gasteiger partial charge in [0, 0.05) is 16.6 Å². The number of hydrogen-bond donors (Lipinski definition) is 2. The second kappa shape index (κ2) is 6.54. The first-order valence-electron chi connectivity index (χ1n) is 4.85. The number of nitrogens with one attached hydrogen (secondary N) is 1. The van der Waals surface area contributed by atoms with Crippen LogP contribution in [-0.2, 0) is 10.0 Å². The molecule has 3 N–H and O–H groups in total. The fourth-order valence-corrected chi connectivity index (χ4v) is 3.31. The molecule has 18 heavy (non-hydrogen) atoms. The first-order valence-corrected chi connectivity index (χ1v) is 7.51. The van der Waals surface area contributed by atoms with Crippen molar-refractivity contribution in [3.8, 4) is 0 Å². The predicted octanol–water partition coefficient (Wildman–Crippen LogP) is 2.54. The third-order valence-electron chi connectivity index (χ3n) is 1.90. The van der Waals surface area contributed by atoms with Gasteiger partial charge in [-0.25, -0.2) is 13.1 Å². The molecule has 0 bridgehead atoms. The first-order chi connectivity index (χ1) is 7.62. The van der Waals surface area contributed by atoms with Gasteiger partial charge in [-0.1, -0.05) is 27.5 Å². The number of sulfonamides is 1. The summed E-state index contributed by atoms with van der Waals surface area (Å²) in [5.41, 5.74) is 5.10. The van der Waals surface area contributed by atoms with Gasteiger partial charge in [-0.05, 0) is 32.0 Å². The summed E-state index contributed by atoms with van der Waals surface area (Å²) in [6.45, 7) is 3.61. The van der Waals surface area contributed by atoms with Crippen LogP contribution >= 0.6 is 39.9 Å². The molecule has 0 saturated carbocycles. The number of nitrogens with two attached hydrogens (primary N) is 1.